The van der Waals surface area contributed by atoms with Crippen molar-refractivity contribution in [3.05, 3.63) is 52.8 Å². The van der Waals surface area contributed by atoms with Gasteiger partial charge >= 0.3 is 12.1 Å². The number of aromatic nitrogens is 2. The predicted molar refractivity (Wildman–Crippen MR) is 149 cm³/mol. The van der Waals surface area contributed by atoms with Crippen LogP contribution in [0.2, 0.25) is 0 Å². The molecular formula is C31H39F3N4O4. The zero-order valence-electron chi connectivity index (χ0n) is 24.3. The topological polar surface area (TPSA) is 95.7 Å². The maximum atomic E-state index is 13.7. The Morgan fingerprint density at radius 2 is 1.67 bits per heavy atom. The molecule has 2 saturated carbocycles. The number of likely N-dealkylation sites (tertiary alicyclic amines) is 1. The summed E-state index contributed by atoms with van der Waals surface area (Å²) >= 11 is 0. The van der Waals surface area contributed by atoms with Gasteiger partial charge in [0.2, 0.25) is 5.91 Å². The molecule has 1 aliphatic heterocycles. The Bertz CT molecular complexity index is 1330. The number of carboxylic acid groups (broad SMARTS) is 1. The van der Waals surface area contributed by atoms with Gasteiger partial charge in [-0.25, -0.2) is 4.79 Å². The lowest BCUT2D eigenvalue weighted by Crippen LogP contribution is -2.48. The molecule has 0 spiro atoms. The molecule has 2 atom stereocenters. The number of halogens is 3. The average molecular weight is 589 g/mol. The van der Waals surface area contributed by atoms with Crippen molar-refractivity contribution in [2.45, 2.75) is 88.9 Å². The number of carboxylic acids is 1. The minimum absolute atomic E-state index is 0.0295. The Kier molecular flexibility index (Phi) is 8.40. The Hall–Kier alpha value is -3.37. The fourth-order valence-electron chi connectivity index (χ4n) is 6.96. The lowest BCUT2D eigenvalue weighted by atomic mass is 9.84. The molecule has 1 saturated heterocycles. The van der Waals surface area contributed by atoms with E-state index in [9.17, 15) is 32.7 Å². The van der Waals surface area contributed by atoms with Gasteiger partial charge in [-0.2, -0.15) is 18.3 Å². The number of carbonyl (C=O) groups excluding carboxylic acids is 2. The number of nitrogens with zero attached hydrogens (tertiary/aromatic N) is 4. The molecule has 3 fully saturated rings. The molecule has 8 nitrogen and oxygen atoms in total. The highest BCUT2D eigenvalue weighted by atomic mass is 19.4. The van der Waals surface area contributed by atoms with Crippen molar-refractivity contribution in [1.29, 1.82) is 0 Å². The van der Waals surface area contributed by atoms with E-state index in [1.807, 2.05) is 4.68 Å². The van der Waals surface area contributed by atoms with E-state index in [-0.39, 0.29) is 53.6 Å². The minimum Gasteiger partial charge on any atom is -0.480 e. The summed E-state index contributed by atoms with van der Waals surface area (Å²) in [5.74, 6) is -1.96. The van der Waals surface area contributed by atoms with Crippen LogP contribution in [0.3, 0.4) is 0 Å². The summed E-state index contributed by atoms with van der Waals surface area (Å²) in [6.07, 6.45) is 2.15. The van der Waals surface area contributed by atoms with Gasteiger partial charge in [-0.1, -0.05) is 32.0 Å². The summed E-state index contributed by atoms with van der Waals surface area (Å²) < 4.78 is 42.8. The predicted octanol–water partition coefficient (Wildman–Crippen LogP) is 5.71. The lowest BCUT2D eigenvalue weighted by molar-refractivity contribution is -0.153. The zero-order valence-corrected chi connectivity index (χ0v) is 24.3. The van der Waals surface area contributed by atoms with Crippen molar-refractivity contribution in [3.63, 3.8) is 0 Å². The van der Waals surface area contributed by atoms with Crippen molar-refractivity contribution in [2.75, 3.05) is 20.1 Å². The molecule has 0 radical (unpaired) electrons. The van der Waals surface area contributed by atoms with Crippen LogP contribution in [0.1, 0.15) is 104 Å². The number of hydrogen-bond acceptors (Lipinski definition) is 4. The summed E-state index contributed by atoms with van der Waals surface area (Å²) in [5.41, 5.74) is 1.02. The molecule has 42 heavy (non-hydrogen) atoms. The van der Waals surface area contributed by atoms with Crippen LogP contribution in [0.4, 0.5) is 13.2 Å². The lowest BCUT2D eigenvalue weighted by Gasteiger charge is -2.34. The molecule has 11 heteroatoms. The van der Waals surface area contributed by atoms with E-state index < -0.39 is 23.8 Å². The van der Waals surface area contributed by atoms with Gasteiger partial charge in [-0.05, 0) is 62.5 Å². The highest BCUT2D eigenvalue weighted by molar-refractivity contribution is 5.95. The quantitative estimate of drug-likeness (QED) is 0.427. The second kappa shape index (κ2) is 11.7. The Labute approximate surface area is 243 Å². The molecule has 2 heterocycles. The third-order valence-corrected chi connectivity index (χ3v) is 9.25. The maximum Gasteiger partial charge on any atom is 0.416 e. The molecule has 0 bridgehead atoms. The molecule has 1 N–H and O–H groups in total. The van der Waals surface area contributed by atoms with E-state index in [1.54, 1.807) is 38.1 Å². The van der Waals surface area contributed by atoms with Crippen molar-refractivity contribution in [1.82, 2.24) is 19.6 Å². The van der Waals surface area contributed by atoms with E-state index in [0.29, 0.717) is 44.2 Å². The van der Waals surface area contributed by atoms with Crippen LogP contribution in [0.5, 0.6) is 0 Å². The van der Waals surface area contributed by atoms with Crippen LogP contribution in [0.15, 0.2) is 30.5 Å². The molecule has 1 aromatic heterocycles. The van der Waals surface area contributed by atoms with Gasteiger partial charge < -0.3 is 14.9 Å². The fraction of sp³-hybridized carbons (Fsp3) is 0.613. The molecule has 1 aromatic carbocycles. The van der Waals surface area contributed by atoms with E-state index in [0.717, 1.165) is 24.6 Å². The van der Waals surface area contributed by atoms with Crippen molar-refractivity contribution in [2.24, 2.45) is 11.8 Å². The summed E-state index contributed by atoms with van der Waals surface area (Å²) in [5, 5.41) is 14.2. The van der Waals surface area contributed by atoms with Crippen LogP contribution in [-0.2, 0) is 15.8 Å². The molecule has 3 aliphatic rings. The molecule has 228 valence electrons. The molecule has 2 aromatic rings. The second-order valence-electron chi connectivity index (χ2n) is 12.5. The maximum absolute atomic E-state index is 13.7. The van der Waals surface area contributed by atoms with Gasteiger partial charge in [0, 0.05) is 37.9 Å². The van der Waals surface area contributed by atoms with Gasteiger partial charge in [0.1, 0.15) is 6.04 Å². The molecule has 5 rings (SSSR count). The number of alkyl halides is 3. The SMILES string of the molecule is CC(C)[C@@H](C(=O)O)N(C)C(=O)C1CCC(n2ncc(C(=O)N3CCC(c4ccccc4C(F)(F)F)C3)c2C2CC2)CC1. The summed E-state index contributed by atoms with van der Waals surface area (Å²) in [6.45, 7) is 4.20. The average Bonchev–Trinajstić information content (AvgIpc) is 3.49. The van der Waals surface area contributed by atoms with E-state index in [2.05, 4.69) is 5.10 Å². The number of benzene rings is 1. The summed E-state index contributed by atoms with van der Waals surface area (Å²) in [4.78, 5) is 41.6. The first kappa shape index (κ1) is 30.1. The first-order valence-corrected chi connectivity index (χ1v) is 14.9. The second-order valence-corrected chi connectivity index (χ2v) is 12.5. The van der Waals surface area contributed by atoms with Crippen molar-refractivity contribution in [3.8, 4) is 0 Å². The Morgan fingerprint density at radius 3 is 2.26 bits per heavy atom. The summed E-state index contributed by atoms with van der Waals surface area (Å²) in [6, 6.07) is 4.77. The van der Waals surface area contributed by atoms with E-state index in [1.165, 1.54) is 17.0 Å². The third kappa shape index (κ3) is 5.92. The number of aliphatic carboxylic acids is 1. The first-order chi connectivity index (χ1) is 19.9. The summed E-state index contributed by atoms with van der Waals surface area (Å²) in [7, 11) is 1.56. The van der Waals surface area contributed by atoms with Crippen LogP contribution in [-0.4, -0.2) is 68.6 Å². The smallest absolute Gasteiger partial charge is 0.416 e. The van der Waals surface area contributed by atoms with E-state index >= 15 is 0 Å². The third-order valence-electron chi connectivity index (χ3n) is 9.25. The van der Waals surface area contributed by atoms with Gasteiger partial charge in [-0.15, -0.1) is 0 Å². The van der Waals surface area contributed by atoms with Gasteiger partial charge in [0.15, 0.2) is 0 Å². The zero-order chi connectivity index (χ0) is 30.3. The van der Waals surface area contributed by atoms with Crippen molar-refractivity contribution < 1.29 is 32.7 Å². The molecule has 2 aliphatic carbocycles. The number of amides is 2. The fourth-order valence-corrected chi connectivity index (χ4v) is 6.96. The van der Waals surface area contributed by atoms with Crippen LogP contribution < -0.4 is 0 Å². The molecular weight excluding hydrogens is 549 g/mol. The minimum atomic E-state index is -4.44. The molecule has 2 amide bonds. The highest BCUT2D eigenvalue weighted by Gasteiger charge is 2.41. The van der Waals surface area contributed by atoms with Gasteiger partial charge in [0.05, 0.1) is 29.1 Å². The number of carbonyl (C=O) groups is 3. The number of hydrogen-bond donors (Lipinski definition) is 1. The normalized spacial score (nSPS) is 23.7. The monoisotopic (exact) mass is 588 g/mol. The number of likely N-dealkylation sites (N-methyl/N-ethyl adjacent to an activating group) is 1. The highest BCUT2D eigenvalue weighted by Crippen LogP contribution is 2.45. The van der Waals surface area contributed by atoms with E-state index in [4.69, 9.17) is 0 Å². The van der Waals surface area contributed by atoms with Crippen LogP contribution in [0.25, 0.3) is 0 Å². The largest absolute Gasteiger partial charge is 0.480 e. The Morgan fingerprint density at radius 1 is 1.00 bits per heavy atom. The standard InChI is InChI=1S/C31H39F3N4O4/c1-18(2)26(30(41)42)36(3)28(39)20-10-12-22(13-11-20)38-27(19-8-9-19)24(16-35-38)29(40)37-15-14-21(17-37)23-6-4-5-7-25(23)31(32,33)34/h4-7,16,18-22,26H,8-15,17H2,1-3H3,(H,41,42)/t20?,21?,22?,26-/m0/s1. The van der Waals surface area contributed by atoms with Crippen LogP contribution >= 0.6 is 0 Å². The van der Waals surface area contributed by atoms with Gasteiger partial charge in [-0.3, -0.25) is 14.3 Å². The van der Waals surface area contributed by atoms with Gasteiger partial charge in [0.25, 0.3) is 5.91 Å². The first-order valence-electron chi connectivity index (χ1n) is 14.9. The van der Waals surface area contributed by atoms with Crippen LogP contribution in [0, 0.1) is 11.8 Å². The molecule has 1 unspecified atom stereocenters. The van der Waals surface area contributed by atoms with Crippen molar-refractivity contribution >= 4 is 17.8 Å². The number of rotatable bonds is 8. The Balaban J connectivity index is 1.27.